The van der Waals surface area contributed by atoms with Crippen molar-refractivity contribution in [3.8, 4) is 0 Å². The highest BCUT2D eigenvalue weighted by atomic mass is 19.4. The van der Waals surface area contributed by atoms with Gasteiger partial charge in [0.25, 0.3) is 0 Å². The van der Waals surface area contributed by atoms with Gasteiger partial charge in [-0.3, -0.25) is 4.79 Å². The fourth-order valence-corrected chi connectivity index (χ4v) is 2.83. The van der Waals surface area contributed by atoms with Gasteiger partial charge >= 0.3 is 6.18 Å². The van der Waals surface area contributed by atoms with Crippen LogP contribution in [0.4, 0.5) is 24.7 Å². The van der Waals surface area contributed by atoms with E-state index in [4.69, 9.17) is 0 Å². The maximum absolute atomic E-state index is 12.6. The van der Waals surface area contributed by atoms with E-state index in [1.54, 1.807) is 6.07 Å². The zero-order valence-corrected chi connectivity index (χ0v) is 16.5. The molecule has 156 valence electrons. The van der Waals surface area contributed by atoms with Crippen LogP contribution in [0, 0.1) is 0 Å². The minimum Gasteiger partial charge on any atom is -0.370 e. The van der Waals surface area contributed by atoms with E-state index in [1.165, 1.54) is 24.3 Å². The molecule has 0 aliphatic heterocycles. The summed E-state index contributed by atoms with van der Waals surface area (Å²) >= 11 is 0. The number of rotatable bonds is 7. The van der Waals surface area contributed by atoms with Crippen LogP contribution in [0.15, 0.2) is 60.7 Å². The van der Waals surface area contributed by atoms with E-state index in [2.05, 4.69) is 22.5 Å². The molecular formula is C23H22F3N3O. The smallest absolute Gasteiger partial charge is 0.370 e. The van der Waals surface area contributed by atoms with Crippen LogP contribution in [-0.4, -0.2) is 17.4 Å². The summed E-state index contributed by atoms with van der Waals surface area (Å²) in [6.07, 6.45) is 0.552. The van der Waals surface area contributed by atoms with Gasteiger partial charge in [0, 0.05) is 23.7 Å². The van der Waals surface area contributed by atoms with Gasteiger partial charge in [-0.05, 0) is 60.5 Å². The molecule has 0 spiro atoms. The second-order valence-electron chi connectivity index (χ2n) is 6.83. The van der Waals surface area contributed by atoms with Crippen molar-refractivity contribution in [1.29, 1.82) is 0 Å². The molecule has 7 heteroatoms. The molecule has 0 atom stereocenters. The predicted octanol–water partition coefficient (Wildman–Crippen LogP) is 6.12. The van der Waals surface area contributed by atoms with E-state index in [1.807, 2.05) is 24.3 Å². The maximum Gasteiger partial charge on any atom is 0.416 e. The van der Waals surface area contributed by atoms with Crippen LogP contribution in [0.3, 0.4) is 0 Å². The van der Waals surface area contributed by atoms with Gasteiger partial charge in [0.1, 0.15) is 5.82 Å². The molecule has 2 N–H and O–H groups in total. The first kappa shape index (κ1) is 21.4. The molecule has 1 amide bonds. The molecule has 0 bridgehead atoms. The number of nitrogens with zero attached hydrogens (tertiary/aromatic N) is 1. The molecule has 4 nitrogen and oxygen atoms in total. The lowest BCUT2D eigenvalue weighted by Crippen LogP contribution is -2.08. The Balaban J connectivity index is 1.63. The molecule has 0 aliphatic rings. The van der Waals surface area contributed by atoms with E-state index in [9.17, 15) is 18.0 Å². The normalized spacial score (nSPS) is 11.7. The fraction of sp³-hybridized carbons (Fsp3) is 0.217. The van der Waals surface area contributed by atoms with Crippen LogP contribution in [0.2, 0.25) is 0 Å². The first-order valence-electron chi connectivity index (χ1n) is 9.66. The minimum atomic E-state index is -4.38. The lowest BCUT2D eigenvalue weighted by molar-refractivity contribution is -0.137. The number of nitrogens with one attached hydrogen (secondary N) is 2. The number of unbranched alkanes of at least 4 members (excludes halogenated alkanes) is 1. The van der Waals surface area contributed by atoms with Gasteiger partial charge in [0.05, 0.1) is 11.1 Å². The highest BCUT2D eigenvalue weighted by molar-refractivity contribution is 6.03. The maximum atomic E-state index is 12.6. The first-order valence-corrected chi connectivity index (χ1v) is 9.66. The largest absolute Gasteiger partial charge is 0.416 e. The van der Waals surface area contributed by atoms with E-state index < -0.39 is 11.7 Å². The van der Waals surface area contributed by atoms with Crippen molar-refractivity contribution in [1.82, 2.24) is 4.98 Å². The quantitative estimate of drug-likeness (QED) is 0.363. The van der Waals surface area contributed by atoms with Gasteiger partial charge in [-0.2, -0.15) is 13.2 Å². The molecule has 1 heterocycles. The summed E-state index contributed by atoms with van der Waals surface area (Å²) in [5, 5.41) is 6.91. The Kier molecular flexibility index (Phi) is 6.72. The van der Waals surface area contributed by atoms with E-state index in [0.29, 0.717) is 11.3 Å². The number of amides is 1. The number of hydrogen-bond donors (Lipinski definition) is 2. The number of carbonyl (C=O) groups excluding carboxylic acids is 1. The molecule has 3 aromatic rings. The number of benzene rings is 2. The lowest BCUT2D eigenvalue weighted by Gasteiger charge is -2.08. The summed E-state index contributed by atoms with van der Waals surface area (Å²) in [5.41, 5.74) is 1.20. The van der Waals surface area contributed by atoms with Crippen LogP contribution in [0.5, 0.6) is 0 Å². The molecule has 3 rings (SSSR count). The second kappa shape index (κ2) is 9.43. The van der Waals surface area contributed by atoms with Crippen molar-refractivity contribution in [2.24, 2.45) is 0 Å². The third kappa shape index (κ3) is 5.83. The van der Waals surface area contributed by atoms with E-state index in [-0.39, 0.29) is 5.91 Å². The van der Waals surface area contributed by atoms with Crippen LogP contribution >= 0.6 is 0 Å². The average Bonchev–Trinajstić information content (AvgIpc) is 2.72. The summed E-state index contributed by atoms with van der Waals surface area (Å²) in [6, 6.07) is 13.9. The average molecular weight is 413 g/mol. The molecule has 30 heavy (non-hydrogen) atoms. The Morgan fingerprint density at radius 3 is 2.53 bits per heavy atom. The summed E-state index contributed by atoms with van der Waals surface area (Å²) in [5.74, 6) is 0.437. The Bertz CT molecular complexity index is 1040. The van der Waals surface area contributed by atoms with Crippen molar-refractivity contribution in [3.63, 3.8) is 0 Å². The Morgan fingerprint density at radius 1 is 1.07 bits per heavy atom. The third-order valence-electron chi connectivity index (χ3n) is 4.46. The molecule has 2 aromatic carbocycles. The Hall–Kier alpha value is -3.35. The minimum absolute atomic E-state index is 0.375. The van der Waals surface area contributed by atoms with Gasteiger partial charge < -0.3 is 10.6 Å². The molecule has 0 saturated heterocycles. The van der Waals surface area contributed by atoms with E-state index in [0.717, 1.165) is 48.2 Å². The van der Waals surface area contributed by atoms with Crippen LogP contribution in [0.1, 0.15) is 30.9 Å². The molecule has 0 saturated carbocycles. The zero-order valence-electron chi connectivity index (χ0n) is 16.5. The SMILES string of the molecule is CCCCNc1ccc2cc(NC(=O)C=Cc3ccc(C(F)(F)F)cc3)ccc2n1. The number of alkyl halides is 3. The van der Waals surface area contributed by atoms with E-state index >= 15 is 0 Å². The standard InChI is InChI=1S/C23H22F3N3O/c1-2-3-14-27-21-12-7-17-15-19(10-11-20(17)29-21)28-22(30)13-6-16-4-8-18(9-5-16)23(24,25)26/h4-13,15H,2-3,14H2,1H3,(H,27,29)(H,28,30). The lowest BCUT2D eigenvalue weighted by atomic mass is 10.1. The van der Waals surface area contributed by atoms with Crippen molar-refractivity contribution < 1.29 is 18.0 Å². The van der Waals surface area contributed by atoms with Gasteiger partial charge in [-0.1, -0.05) is 25.5 Å². The van der Waals surface area contributed by atoms with Crippen LogP contribution in [-0.2, 0) is 11.0 Å². The summed E-state index contributed by atoms with van der Waals surface area (Å²) < 4.78 is 37.8. The van der Waals surface area contributed by atoms with Crippen molar-refractivity contribution in [2.45, 2.75) is 25.9 Å². The van der Waals surface area contributed by atoms with Gasteiger partial charge in [0.2, 0.25) is 5.91 Å². The topological polar surface area (TPSA) is 54.0 Å². The molecule has 0 radical (unpaired) electrons. The predicted molar refractivity (Wildman–Crippen MR) is 114 cm³/mol. The molecule has 0 fully saturated rings. The number of pyridine rings is 1. The molecule has 0 aliphatic carbocycles. The number of aromatic nitrogens is 1. The second-order valence-corrected chi connectivity index (χ2v) is 6.83. The first-order chi connectivity index (χ1) is 14.3. The van der Waals surface area contributed by atoms with Crippen LogP contribution in [0.25, 0.3) is 17.0 Å². The summed E-state index contributed by atoms with van der Waals surface area (Å²) in [7, 11) is 0. The summed E-state index contributed by atoms with van der Waals surface area (Å²) in [6.45, 7) is 3.00. The van der Waals surface area contributed by atoms with Crippen molar-refractivity contribution in [2.75, 3.05) is 17.2 Å². The van der Waals surface area contributed by atoms with Gasteiger partial charge in [-0.15, -0.1) is 0 Å². The van der Waals surface area contributed by atoms with Crippen molar-refractivity contribution in [3.05, 3.63) is 71.8 Å². The number of hydrogen-bond acceptors (Lipinski definition) is 3. The van der Waals surface area contributed by atoms with Gasteiger partial charge in [0.15, 0.2) is 0 Å². The Morgan fingerprint density at radius 2 is 1.83 bits per heavy atom. The Labute approximate surface area is 172 Å². The van der Waals surface area contributed by atoms with Crippen LogP contribution < -0.4 is 10.6 Å². The number of anilines is 2. The molecule has 0 unspecified atom stereocenters. The third-order valence-corrected chi connectivity index (χ3v) is 4.46. The molecular weight excluding hydrogens is 391 g/mol. The monoisotopic (exact) mass is 413 g/mol. The number of fused-ring (bicyclic) bond motifs is 1. The highest BCUT2D eigenvalue weighted by Gasteiger charge is 2.29. The van der Waals surface area contributed by atoms with Gasteiger partial charge in [-0.25, -0.2) is 4.98 Å². The molecule has 1 aromatic heterocycles. The van der Waals surface area contributed by atoms with Crippen molar-refractivity contribution >= 4 is 34.4 Å². The number of halogens is 3. The zero-order chi connectivity index (χ0) is 21.6. The highest BCUT2D eigenvalue weighted by Crippen LogP contribution is 2.29. The number of carbonyl (C=O) groups is 1. The fourth-order valence-electron chi connectivity index (χ4n) is 2.83. The summed E-state index contributed by atoms with van der Waals surface area (Å²) in [4.78, 5) is 16.7.